The zero-order chi connectivity index (χ0) is 23.8. The van der Waals surface area contributed by atoms with Crippen molar-refractivity contribution in [3.63, 3.8) is 0 Å². The number of hydrogen-bond donors (Lipinski definition) is 0. The van der Waals surface area contributed by atoms with Gasteiger partial charge in [0.1, 0.15) is 17.5 Å². The topological polar surface area (TPSA) is 48.4 Å². The molecule has 2 aliphatic rings. The van der Waals surface area contributed by atoms with E-state index in [1.807, 2.05) is 30.3 Å². The van der Waals surface area contributed by atoms with Crippen molar-refractivity contribution in [1.82, 2.24) is 15.0 Å². The van der Waals surface area contributed by atoms with Crippen molar-refractivity contribution in [1.29, 1.82) is 0 Å². The summed E-state index contributed by atoms with van der Waals surface area (Å²) in [6.07, 6.45) is 4.03. The molecule has 0 radical (unpaired) electrons. The van der Waals surface area contributed by atoms with Crippen molar-refractivity contribution in [3.05, 3.63) is 59.0 Å². The Hall–Kier alpha value is -2.93. The number of benzene rings is 1. The van der Waals surface area contributed by atoms with Crippen LogP contribution >= 0.6 is 11.6 Å². The van der Waals surface area contributed by atoms with E-state index in [9.17, 15) is 4.39 Å². The summed E-state index contributed by atoms with van der Waals surface area (Å²) in [6.45, 7) is 9.47. The third-order valence-electron chi connectivity index (χ3n) is 6.94. The van der Waals surface area contributed by atoms with Crippen molar-refractivity contribution in [2.75, 3.05) is 40.9 Å². The van der Waals surface area contributed by atoms with Gasteiger partial charge in [0, 0.05) is 56.1 Å². The number of hydrogen-bond acceptors (Lipinski definition) is 6. The van der Waals surface area contributed by atoms with E-state index in [1.165, 1.54) is 0 Å². The lowest BCUT2D eigenvalue weighted by Gasteiger charge is -2.41. The van der Waals surface area contributed by atoms with Crippen LogP contribution < -0.4 is 14.7 Å². The van der Waals surface area contributed by atoms with E-state index in [1.54, 1.807) is 19.2 Å². The van der Waals surface area contributed by atoms with Gasteiger partial charge in [-0.25, -0.2) is 14.4 Å². The van der Waals surface area contributed by atoms with Gasteiger partial charge in [0.2, 0.25) is 5.95 Å². The van der Waals surface area contributed by atoms with E-state index in [0.29, 0.717) is 16.6 Å². The zero-order valence-electron chi connectivity index (χ0n) is 19.9. The quantitative estimate of drug-likeness (QED) is 0.502. The first kappa shape index (κ1) is 22.8. The average Bonchev–Trinajstić information content (AvgIpc) is 3.26. The Bertz CT molecular complexity index is 1190. The van der Waals surface area contributed by atoms with Crippen molar-refractivity contribution in [3.8, 4) is 11.3 Å². The molecule has 0 saturated carbocycles. The van der Waals surface area contributed by atoms with E-state index in [2.05, 4.69) is 33.5 Å². The first-order chi connectivity index (χ1) is 16.4. The number of pyridine rings is 1. The molecule has 0 spiro atoms. The van der Waals surface area contributed by atoms with Gasteiger partial charge in [0.05, 0.1) is 10.7 Å². The molecule has 1 unspecified atom stereocenters. The Morgan fingerprint density at radius 3 is 2.56 bits per heavy atom. The van der Waals surface area contributed by atoms with Gasteiger partial charge in [-0.2, -0.15) is 4.98 Å². The fourth-order valence-corrected chi connectivity index (χ4v) is 5.17. The van der Waals surface area contributed by atoms with Crippen LogP contribution in [0.15, 0.2) is 42.6 Å². The molecular formula is C26H30ClFN6. The number of aromatic nitrogens is 3. The number of nitrogens with zero attached hydrogens (tertiary/aromatic N) is 6. The third kappa shape index (κ3) is 4.41. The minimum Gasteiger partial charge on any atom is -0.352 e. The molecule has 0 aliphatic carbocycles. The normalized spacial score (nSPS) is 20.8. The van der Waals surface area contributed by atoms with Crippen LogP contribution in [0.1, 0.15) is 32.3 Å². The van der Waals surface area contributed by atoms with Gasteiger partial charge >= 0.3 is 0 Å². The molecule has 2 fully saturated rings. The molecular weight excluding hydrogens is 451 g/mol. The van der Waals surface area contributed by atoms with E-state index in [0.717, 1.165) is 67.9 Å². The Labute approximate surface area is 205 Å². The zero-order valence-corrected chi connectivity index (χ0v) is 20.6. The number of rotatable bonds is 4. The maximum Gasteiger partial charge on any atom is 0.228 e. The predicted molar refractivity (Wildman–Crippen MR) is 136 cm³/mol. The molecule has 1 aromatic carbocycles. The second kappa shape index (κ2) is 9.37. The molecule has 2 saturated heterocycles. The van der Waals surface area contributed by atoms with Crippen molar-refractivity contribution in [2.45, 2.75) is 45.7 Å². The van der Waals surface area contributed by atoms with Crippen molar-refractivity contribution < 1.29 is 4.39 Å². The molecule has 0 amide bonds. The summed E-state index contributed by atoms with van der Waals surface area (Å²) in [5.41, 5.74) is 2.15. The van der Waals surface area contributed by atoms with Crippen LogP contribution in [-0.2, 0) is 0 Å². The highest BCUT2D eigenvalue weighted by Gasteiger charge is 2.29. The first-order valence-corrected chi connectivity index (χ1v) is 12.3. The summed E-state index contributed by atoms with van der Waals surface area (Å²) >= 11 is 6.40. The molecule has 178 valence electrons. The standard InChI is InChI=1S/C26H30ClFN6/c1-17-8-9-20(14-22(17)28)23-15-24(31-26(30-23)34-11-5-6-18(34)2)33-13-12-32(16-19(33)3)25-21(27)7-4-10-29-25/h4,7-10,14-15,18-19H,5-6,11-13,16H2,1-3H3/t18?,19-/m1/s1. The predicted octanol–water partition coefficient (Wildman–Crippen LogP) is 5.34. The third-order valence-corrected chi connectivity index (χ3v) is 7.23. The molecule has 2 atom stereocenters. The van der Waals surface area contributed by atoms with E-state index >= 15 is 0 Å². The fraction of sp³-hybridized carbons (Fsp3) is 0.423. The van der Waals surface area contributed by atoms with Crippen LogP contribution in [0.3, 0.4) is 0 Å². The molecule has 2 aliphatic heterocycles. The van der Waals surface area contributed by atoms with Crippen molar-refractivity contribution in [2.24, 2.45) is 0 Å². The van der Waals surface area contributed by atoms with Gasteiger partial charge in [-0.05, 0) is 57.4 Å². The minimum atomic E-state index is -0.219. The van der Waals surface area contributed by atoms with Gasteiger partial charge in [0.25, 0.3) is 0 Å². The number of anilines is 3. The second-order valence-corrected chi connectivity index (χ2v) is 9.76. The summed E-state index contributed by atoms with van der Waals surface area (Å²) in [6, 6.07) is 11.6. The molecule has 0 bridgehead atoms. The van der Waals surface area contributed by atoms with E-state index in [-0.39, 0.29) is 11.9 Å². The number of halogens is 2. The van der Waals surface area contributed by atoms with Gasteiger partial charge in [0.15, 0.2) is 0 Å². The van der Waals surface area contributed by atoms with Gasteiger partial charge in [-0.3, -0.25) is 0 Å². The van der Waals surface area contributed by atoms with Crippen LogP contribution in [0.25, 0.3) is 11.3 Å². The van der Waals surface area contributed by atoms with Crippen LogP contribution in [0.2, 0.25) is 5.02 Å². The molecule has 3 aromatic rings. The molecule has 0 N–H and O–H groups in total. The van der Waals surface area contributed by atoms with Crippen molar-refractivity contribution >= 4 is 29.2 Å². The summed E-state index contributed by atoms with van der Waals surface area (Å²) in [7, 11) is 0. The maximum atomic E-state index is 14.4. The molecule has 5 rings (SSSR count). The van der Waals surface area contributed by atoms with Crippen LogP contribution in [-0.4, -0.2) is 53.2 Å². The fourth-order valence-electron chi connectivity index (χ4n) is 4.93. The van der Waals surface area contributed by atoms with Crippen LogP contribution in [0, 0.1) is 12.7 Å². The molecule has 2 aromatic heterocycles. The number of aryl methyl sites for hydroxylation is 1. The Balaban J connectivity index is 1.49. The Kier molecular flexibility index (Phi) is 6.30. The summed E-state index contributed by atoms with van der Waals surface area (Å²) in [4.78, 5) is 21.2. The highest BCUT2D eigenvalue weighted by atomic mass is 35.5. The Morgan fingerprint density at radius 1 is 1.00 bits per heavy atom. The lowest BCUT2D eigenvalue weighted by Crippen LogP contribution is -2.52. The molecule has 6 nitrogen and oxygen atoms in total. The van der Waals surface area contributed by atoms with E-state index < -0.39 is 0 Å². The monoisotopic (exact) mass is 480 g/mol. The highest BCUT2D eigenvalue weighted by Crippen LogP contribution is 2.32. The highest BCUT2D eigenvalue weighted by molar-refractivity contribution is 6.32. The minimum absolute atomic E-state index is 0.188. The SMILES string of the molecule is Cc1ccc(-c2cc(N3CCN(c4ncccc4Cl)C[C@H]3C)nc(N3CCCC3C)n2)cc1F. The smallest absolute Gasteiger partial charge is 0.228 e. The van der Waals surface area contributed by atoms with Gasteiger partial charge in [-0.15, -0.1) is 0 Å². The number of piperazine rings is 1. The summed E-state index contributed by atoms with van der Waals surface area (Å²) in [5.74, 6) is 2.20. The first-order valence-electron chi connectivity index (χ1n) is 11.9. The molecule has 8 heteroatoms. The van der Waals surface area contributed by atoms with Gasteiger partial charge in [-0.1, -0.05) is 23.7 Å². The molecule has 34 heavy (non-hydrogen) atoms. The maximum absolute atomic E-state index is 14.4. The van der Waals surface area contributed by atoms with Crippen LogP contribution in [0.5, 0.6) is 0 Å². The summed E-state index contributed by atoms with van der Waals surface area (Å²) < 4.78 is 14.4. The summed E-state index contributed by atoms with van der Waals surface area (Å²) in [5, 5.41) is 0.666. The molecule has 4 heterocycles. The van der Waals surface area contributed by atoms with Crippen LogP contribution in [0.4, 0.5) is 22.0 Å². The Morgan fingerprint density at radius 2 is 1.85 bits per heavy atom. The van der Waals surface area contributed by atoms with E-state index in [4.69, 9.17) is 21.6 Å². The average molecular weight is 481 g/mol. The second-order valence-electron chi connectivity index (χ2n) is 9.36. The lowest BCUT2D eigenvalue weighted by atomic mass is 10.1. The largest absolute Gasteiger partial charge is 0.352 e. The van der Waals surface area contributed by atoms with Gasteiger partial charge < -0.3 is 14.7 Å². The lowest BCUT2D eigenvalue weighted by molar-refractivity contribution is 0.542.